The van der Waals surface area contributed by atoms with Crippen LogP contribution < -0.4 is 16.1 Å². The molecule has 148 valence electrons. The second-order valence-corrected chi connectivity index (χ2v) is 8.58. The fraction of sp³-hybridized carbons (Fsp3) is 0.550. The van der Waals surface area contributed by atoms with Gasteiger partial charge in [-0.3, -0.25) is 4.79 Å². The maximum atomic E-state index is 12.0. The van der Waals surface area contributed by atoms with Gasteiger partial charge < -0.3 is 15.4 Å². The molecule has 2 rings (SSSR count). The highest BCUT2D eigenvalue weighted by atomic mass is 16.6. The Bertz CT molecular complexity index is 718. The van der Waals surface area contributed by atoms with Gasteiger partial charge >= 0.3 is 6.09 Å². The lowest BCUT2D eigenvalue weighted by Gasteiger charge is -2.29. The molecule has 0 saturated heterocycles. The van der Waals surface area contributed by atoms with Gasteiger partial charge in [-0.25, -0.2) is 10.2 Å². The molecule has 0 radical (unpaired) electrons. The van der Waals surface area contributed by atoms with Crippen LogP contribution in [0.3, 0.4) is 0 Å². The van der Waals surface area contributed by atoms with E-state index in [9.17, 15) is 9.59 Å². The van der Waals surface area contributed by atoms with Crippen LogP contribution in [0.2, 0.25) is 0 Å². The number of hydrazone groups is 1. The first-order chi connectivity index (χ1) is 12.5. The first kappa shape index (κ1) is 20.7. The molecular weight excluding hydrogens is 344 g/mol. The SMILES string of the molecule is C[C@@H]1CC(=O)NN=C1c1ccc(NCC(C)(C)NC(=O)OC(C)(C)C)cc1. The summed E-state index contributed by atoms with van der Waals surface area (Å²) in [5.41, 5.74) is 4.34. The molecule has 1 heterocycles. The lowest BCUT2D eigenvalue weighted by Crippen LogP contribution is -2.49. The van der Waals surface area contributed by atoms with Gasteiger partial charge in [0.25, 0.3) is 0 Å². The summed E-state index contributed by atoms with van der Waals surface area (Å²) in [6.45, 7) is 11.9. The topological polar surface area (TPSA) is 91.8 Å². The lowest BCUT2D eigenvalue weighted by atomic mass is 9.94. The van der Waals surface area contributed by atoms with Crippen LogP contribution in [-0.2, 0) is 9.53 Å². The molecule has 1 aliphatic rings. The number of anilines is 1. The average Bonchev–Trinajstić information content (AvgIpc) is 2.51. The zero-order chi connectivity index (χ0) is 20.2. The van der Waals surface area contributed by atoms with Crippen LogP contribution in [0.15, 0.2) is 29.4 Å². The van der Waals surface area contributed by atoms with E-state index >= 15 is 0 Å². The number of amides is 2. The monoisotopic (exact) mass is 374 g/mol. The van der Waals surface area contributed by atoms with Gasteiger partial charge in [0.15, 0.2) is 0 Å². The van der Waals surface area contributed by atoms with Crippen molar-refractivity contribution in [1.29, 1.82) is 0 Å². The number of carbonyl (C=O) groups excluding carboxylic acids is 2. The molecule has 1 aromatic rings. The number of hydrogen-bond donors (Lipinski definition) is 3. The highest BCUT2D eigenvalue weighted by molar-refractivity contribution is 6.05. The number of carbonyl (C=O) groups is 2. The van der Waals surface area contributed by atoms with E-state index < -0.39 is 17.2 Å². The molecule has 1 aliphatic heterocycles. The summed E-state index contributed by atoms with van der Waals surface area (Å²) in [7, 11) is 0. The Morgan fingerprint density at radius 1 is 1.22 bits per heavy atom. The fourth-order valence-electron chi connectivity index (χ4n) is 2.71. The van der Waals surface area contributed by atoms with E-state index in [1.807, 2.05) is 65.8 Å². The number of nitrogens with zero attached hydrogens (tertiary/aromatic N) is 1. The van der Waals surface area contributed by atoms with Crippen molar-refractivity contribution in [3.63, 3.8) is 0 Å². The Morgan fingerprint density at radius 3 is 2.41 bits per heavy atom. The van der Waals surface area contributed by atoms with Crippen LogP contribution in [0.25, 0.3) is 0 Å². The van der Waals surface area contributed by atoms with Gasteiger partial charge in [0.2, 0.25) is 5.91 Å². The molecule has 27 heavy (non-hydrogen) atoms. The number of benzene rings is 1. The van der Waals surface area contributed by atoms with Crippen LogP contribution in [-0.4, -0.2) is 35.4 Å². The molecule has 1 atom stereocenters. The van der Waals surface area contributed by atoms with Crippen LogP contribution in [0.5, 0.6) is 0 Å². The van der Waals surface area contributed by atoms with Crippen molar-refractivity contribution in [2.45, 2.75) is 59.1 Å². The Kier molecular flexibility index (Phi) is 6.13. The Labute approximate surface area is 160 Å². The van der Waals surface area contributed by atoms with E-state index in [-0.39, 0.29) is 11.8 Å². The molecule has 1 aromatic carbocycles. The largest absolute Gasteiger partial charge is 0.444 e. The van der Waals surface area contributed by atoms with Crippen LogP contribution in [0.4, 0.5) is 10.5 Å². The molecule has 0 saturated carbocycles. The fourth-order valence-corrected chi connectivity index (χ4v) is 2.71. The molecule has 0 aliphatic carbocycles. The number of alkyl carbamates (subject to hydrolysis) is 1. The van der Waals surface area contributed by atoms with Gasteiger partial charge in [0, 0.05) is 24.6 Å². The van der Waals surface area contributed by atoms with Crippen molar-refractivity contribution in [2.75, 3.05) is 11.9 Å². The van der Waals surface area contributed by atoms with Gasteiger partial charge in [-0.05, 0) is 52.3 Å². The van der Waals surface area contributed by atoms with E-state index in [2.05, 4.69) is 21.2 Å². The summed E-state index contributed by atoms with van der Waals surface area (Å²) in [4.78, 5) is 23.3. The summed E-state index contributed by atoms with van der Waals surface area (Å²) >= 11 is 0. The summed E-state index contributed by atoms with van der Waals surface area (Å²) in [6.07, 6.45) is 0.0135. The van der Waals surface area contributed by atoms with Crippen LogP contribution >= 0.6 is 0 Å². The summed E-state index contributed by atoms with van der Waals surface area (Å²) < 4.78 is 5.31. The highest BCUT2D eigenvalue weighted by Crippen LogP contribution is 2.19. The van der Waals surface area contributed by atoms with Crippen LogP contribution in [0.1, 0.15) is 53.5 Å². The zero-order valence-electron chi connectivity index (χ0n) is 17.0. The minimum Gasteiger partial charge on any atom is -0.444 e. The highest BCUT2D eigenvalue weighted by Gasteiger charge is 2.25. The van der Waals surface area contributed by atoms with Gasteiger partial charge in [0.05, 0.1) is 11.3 Å². The second kappa shape index (κ2) is 7.98. The van der Waals surface area contributed by atoms with Gasteiger partial charge in [0.1, 0.15) is 5.60 Å². The molecule has 7 heteroatoms. The lowest BCUT2D eigenvalue weighted by molar-refractivity contribution is -0.121. The molecule has 0 spiro atoms. The standard InChI is InChI=1S/C20H30N4O3/c1-13-11-16(25)23-24-17(13)14-7-9-15(10-8-14)21-12-20(5,6)22-18(26)27-19(2,3)4/h7-10,13,21H,11-12H2,1-6H3,(H,22,26)(H,23,25)/t13-/m1/s1. The van der Waals surface area contributed by atoms with E-state index in [1.165, 1.54) is 0 Å². The van der Waals surface area contributed by atoms with Crippen molar-refractivity contribution in [2.24, 2.45) is 11.0 Å². The number of rotatable bonds is 5. The van der Waals surface area contributed by atoms with E-state index in [4.69, 9.17) is 4.74 Å². The quantitative estimate of drug-likeness (QED) is 0.738. The molecule has 3 N–H and O–H groups in total. The van der Waals surface area contributed by atoms with Gasteiger partial charge in [-0.15, -0.1) is 0 Å². The van der Waals surface area contributed by atoms with Crippen molar-refractivity contribution in [3.8, 4) is 0 Å². The Balaban J connectivity index is 1.92. The minimum atomic E-state index is -0.526. The van der Waals surface area contributed by atoms with Crippen molar-refractivity contribution in [1.82, 2.24) is 10.7 Å². The number of nitrogens with one attached hydrogen (secondary N) is 3. The van der Waals surface area contributed by atoms with Crippen molar-refractivity contribution < 1.29 is 14.3 Å². The van der Waals surface area contributed by atoms with E-state index in [1.54, 1.807) is 0 Å². The molecule has 0 unspecified atom stereocenters. The molecule has 2 amide bonds. The van der Waals surface area contributed by atoms with Gasteiger partial charge in [-0.1, -0.05) is 19.1 Å². The number of ether oxygens (including phenoxy) is 1. The first-order valence-corrected chi connectivity index (χ1v) is 9.17. The third-order valence-electron chi connectivity index (χ3n) is 4.01. The summed E-state index contributed by atoms with van der Waals surface area (Å²) in [5, 5.41) is 10.4. The summed E-state index contributed by atoms with van der Waals surface area (Å²) in [6, 6.07) is 7.88. The van der Waals surface area contributed by atoms with Gasteiger partial charge in [-0.2, -0.15) is 5.10 Å². The summed E-state index contributed by atoms with van der Waals surface area (Å²) in [5.74, 6) is 0.0405. The molecule has 0 fully saturated rings. The predicted molar refractivity (Wildman–Crippen MR) is 107 cm³/mol. The Hall–Kier alpha value is -2.57. The molecule has 7 nitrogen and oxygen atoms in total. The smallest absolute Gasteiger partial charge is 0.408 e. The maximum Gasteiger partial charge on any atom is 0.408 e. The van der Waals surface area contributed by atoms with E-state index in [0.29, 0.717) is 13.0 Å². The van der Waals surface area contributed by atoms with Crippen molar-refractivity contribution in [3.05, 3.63) is 29.8 Å². The maximum absolute atomic E-state index is 12.0. The average molecular weight is 374 g/mol. The predicted octanol–water partition coefficient (Wildman–Crippen LogP) is 3.26. The molecular formula is C20H30N4O3. The third kappa shape index (κ3) is 6.58. The third-order valence-corrected chi connectivity index (χ3v) is 4.01. The van der Waals surface area contributed by atoms with E-state index in [0.717, 1.165) is 17.0 Å². The Morgan fingerprint density at radius 2 is 1.85 bits per heavy atom. The molecule has 0 bridgehead atoms. The second-order valence-electron chi connectivity index (χ2n) is 8.58. The van der Waals surface area contributed by atoms with Crippen molar-refractivity contribution >= 4 is 23.4 Å². The minimum absolute atomic E-state index is 0.0516. The first-order valence-electron chi connectivity index (χ1n) is 9.17. The molecule has 0 aromatic heterocycles. The zero-order valence-corrected chi connectivity index (χ0v) is 17.0. The number of hydrogen-bond acceptors (Lipinski definition) is 5. The van der Waals surface area contributed by atoms with Crippen LogP contribution in [0, 0.1) is 5.92 Å². The normalized spacial score (nSPS) is 17.6.